The van der Waals surface area contributed by atoms with Gasteiger partial charge in [0.1, 0.15) is 6.61 Å². The van der Waals surface area contributed by atoms with E-state index in [2.05, 4.69) is 22.2 Å². The van der Waals surface area contributed by atoms with Gasteiger partial charge in [0.15, 0.2) is 0 Å². The standard InChI is InChI=1S/C16H18N2O/c1-18(2)16-10-8-14(9-11-16)12-17-19-13-15-6-4-3-5-7-15/h3-12H,13H2,1-2H3. The van der Waals surface area contributed by atoms with Crippen molar-refractivity contribution in [3.63, 3.8) is 0 Å². The number of rotatable bonds is 5. The summed E-state index contributed by atoms with van der Waals surface area (Å²) in [7, 11) is 4.04. The molecule has 0 heterocycles. The van der Waals surface area contributed by atoms with Crippen LogP contribution in [0, 0.1) is 0 Å². The molecule has 0 unspecified atom stereocenters. The molecule has 0 radical (unpaired) electrons. The molecule has 0 fully saturated rings. The van der Waals surface area contributed by atoms with Crippen molar-refractivity contribution in [1.82, 2.24) is 0 Å². The lowest BCUT2D eigenvalue weighted by molar-refractivity contribution is 0.132. The van der Waals surface area contributed by atoms with Gasteiger partial charge in [-0.25, -0.2) is 0 Å². The molecular formula is C16H18N2O. The highest BCUT2D eigenvalue weighted by Gasteiger charge is 1.94. The predicted molar refractivity (Wildman–Crippen MR) is 79.6 cm³/mol. The lowest BCUT2D eigenvalue weighted by Gasteiger charge is -2.11. The molecule has 0 aliphatic heterocycles. The van der Waals surface area contributed by atoms with Crippen molar-refractivity contribution in [1.29, 1.82) is 0 Å². The van der Waals surface area contributed by atoms with Crippen LogP contribution in [0.15, 0.2) is 59.8 Å². The summed E-state index contributed by atoms with van der Waals surface area (Å²) in [5.41, 5.74) is 3.31. The Labute approximate surface area is 114 Å². The lowest BCUT2D eigenvalue weighted by Crippen LogP contribution is -2.08. The van der Waals surface area contributed by atoms with Gasteiger partial charge in [-0.05, 0) is 23.3 Å². The van der Waals surface area contributed by atoms with Gasteiger partial charge in [0.25, 0.3) is 0 Å². The van der Waals surface area contributed by atoms with E-state index >= 15 is 0 Å². The molecule has 2 aromatic rings. The van der Waals surface area contributed by atoms with Gasteiger partial charge in [-0.1, -0.05) is 47.6 Å². The minimum Gasteiger partial charge on any atom is -0.391 e. The van der Waals surface area contributed by atoms with Crippen LogP contribution in [-0.4, -0.2) is 20.3 Å². The van der Waals surface area contributed by atoms with E-state index < -0.39 is 0 Å². The zero-order valence-electron chi connectivity index (χ0n) is 11.3. The third-order valence-electron chi connectivity index (χ3n) is 2.76. The van der Waals surface area contributed by atoms with Crippen LogP contribution >= 0.6 is 0 Å². The maximum absolute atomic E-state index is 5.26. The van der Waals surface area contributed by atoms with Crippen molar-refractivity contribution in [2.24, 2.45) is 5.16 Å². The molecule has 0 saturated carbocycles. The first kappa shape index (κ1) is 13.1. The summed E-state index contributed by atoms with van der Waals surface area (Å²) in [5, 5.41) is 3.97. The van der Waals surface area contributed by atoms with E-state index in [0.717, 1.165) is 11.1 Å². The second-order valence-corrected chi connectivity index (χ2v) is 4.48. The Bertz CT molecular complexity index is 518. The summed E-state index contributed by atoms with van der Waals surface area (Å²) in [6, 6.07) is 18.1. The third-order valence-corrected chi connectivity index (χ3v) is 2.76. The summed E-state index contributed by atoms with van der Waals surface area (Å²) in [6.45, 7) is 0.493. The fraction of sp³-hybridized carbons (Fsp3) is 0.188. The van der Waals surface area contributed by atoms with Crippen molar-refractivity contribution < 1.29 is 4.84 Å². The molecule has 19 heavy (non-hydrogen) atoms. The molecule has 0 aliphatic rings. The van der Waals surface area contributed by atoms with Gasteiger partial charge in [0.05, 0.1) is 6.21 Å². The van der Waals surface area contributed by atoms with Crippen molar-refractivity contribution in [3.8, 4) is 0 Å². The molecule has 2 rings (SSSR count). The molecule has 98 valence electrons. The van der Waals surface area contributed by atoms with Crippen LogP contribution in [0.4, 0.5) is 5.69 Å². The molecule has 0 spiro atoms. The van der Waals surface area contributed by atoms with Crippen LogP contribution in [0.5, 0.6) is 0 Å². The SMILES string of the molecule is CN(C)c1ccc(C=NOCc2ccccc2)cc1. The van der Waals surface area contributed by atoms with Crippen LogP contribution in [0.25, 0.3) is 0 Å². The molecule has 0 atom stereocenters. The second kappa shape index (κ2) is 6.59. The van der Waals surface area contributed by atoms with Crippen LogP contribution in [-0.2, 0) is 11.4 Å². The van der Waals surface area contributed by atoms with E-state index in [1.165, 1.54) is 5.69 Å². The number of anilines is 1. The van der Waals surface area contributed by atoms with Crippen molar-refractivity contribution in [2.45, 2.75) is 6.61 Å². The molecule has 0 saturated heterocycles. The minimum absolute atomic E-state index is 0.493. The lowest BCUT2D eigenvalue weighted by atomic mass is 10.2. The zero-order valence-corrected chi connectivity index (χ0v) is 11.3. The molecule has 0 N–H and O–H groups in total. The third kappa shape index (κ3) is 4.14. The average Bonchev–Trinajstić information content (AvgIpc) is 2.45. The average molecular weight is 254 g/mol. The largest absolute Gasteiger partial charge is 0.391 e. The number of hydrogen-bond donors (Lipinski definition) is 0. The first-order valence-corrected chi connectivity index (χ1v) is 6.22. The van der Waals surface area contributed by atoms with Gasteiger partial charge in [-0.15, -0.1) is 0 Å². The number of hydrogen-bond acceptors (Lipinski definition) is 3. The molecule has 3 nitrogen and oxygen atoms in total. The quantitative estimate of drug-likeness (QED) is 0.604. The fourth-order valence-corrected chi connectivity index (χ4v) is 1.64. The van der Waals surface area contributed by atoms with Gasteiger partial charge in [0.2, 0.25) is 0 Å². The zero-order chi connectivity index (χ0) is 13.5. The van der Waals surface area contributed by atoms with E-state index in [4.69, 9.17) is 4.84 Å². The molecule has 0 aromatic heterocycles. The van der Waals surface area contributed by atoms with Gasteiger partial charge in [-0.3, -0.25) is 0 Å². The van der Waals surface area contributed by atoms with E-state index in [-0.39, 0.29) is 0 Å². The first-order chi connectivity index (χ1) is 9.25. The molecule has 0 bridgehead atoms. The smallest absolute Gasteiger partial charge is 0.142 e. The van der Waals surface area contributed by atoms with Gasteiger partial charge >= 0.3 is 0 Å². The van der Waals surface area contributed by atoms with Crippen LogP contribution in [0.1, 0.15) is 11.1 Å². The molecular weight excluding hydrogens is 236 g/mol. The Balaban J connectivity index is 1.85. The van der Waals surface area contributed by atoms with Gasteiger partial charge < -0.3 is 9.74 Å². The molecule has 3 heteroatoms. The summed E-state index contributed by atoms with van der Waals surface area (Å²) in [4.78, 5) is 7.32. The highest BCUT2D eigenvalue weighted by atomic mass is 16.6. The van der Waals surface area contributed by atoms with Crippen molar-refractivity contribution in [3.05, 3.63) is 65.7 Å². The Kier molecular flexibility index (Phi) is 4.56. The maximum Gasteiger partial charge on any atom is 0.142 e. The van der Waals surface area contributed by atoms with Crippen molar-refractivity contribution in [2.75, 3.05) is 19.0 Å². The van der Waals surface area contributed by atoms with Gasteiger partial charge in [-0.2, -0.15) is 0 Å². The molecule has 0 amide bonds. The second-order valence-electron chi connectivity index (χ2n) is 4.48. The van der Waals surface area contributed by atoms with E-state index in [1.54, 1.807) is 6.21 Å². The summed E-state index contributed by atoms with van der Waals surface area (Å²) >= 11 is 0. The molecule has 2 aromatic carbocycles. The highest BCUT2D eigenvalue weighted by Crippen LogP contribution is 2.11. The monoisotopic (exact) mass is 254 g/mol. The Hall–Kier alpha value is -2.29. The number of oxime groups is 1. The Morgan fingerprint density at radius 3 is 2.32 bits per heavy atom. The minimum atomic E-state index is 0.493. The summed E-state index contributed by atoms with van der Waals surface area (Å²) < 4.78 is 0. The van der Waals surface area contributed by atoms with E-state index in [1.807, 2.05) is 56.6 Å². The Morgan fingerprint density at radius 2 is 1.68 bits per heavy atom. The molecule has 0 aliphatic carbocycles. The normalized spacial score (nSPS) is 10.6. The van der Waals surface area contributed by atoms with Crippen LogP contribution in [0.2, 0.25) is 0 Å². The van der Waals surface area contributed by atoms with Crippen molar-refractivity contribution >= 4 is 11.9 Å². The van der Waals surface area contributed by atoms with Crippen LogP contribution < -0.4 is 4.90 Å². The Morgan fingerprint density at radius 1 is 1.00 bits per heavy atom. The topological polar surface area (TPSA) is 24.8 Å². The van der Waals surface area contributed by atoms with Gasteiger partial charge in [0, 0.05) is 19.8 Å². The number of benzene rings is 2. The maximum atomic E-state index is 5.26. The fourth-order valence-electron chi connectivity index (χ4n) is 1.64. The predicted octanol–water partition coefficient (Wildman–Crippen LogP) is 3.30. The summed E-state index contributed by atoms with van der Waals surface area (Å²) in [6.07, 6.45) is 1.72. The highest BCUT2D eigenvalue weighted by molar-refractivity contribution is 5.79. The summed E-state index contributed by atoms with van der Waals surface area (Å²) in [5.74, 6) is 0. The van der Waals surface area contributed by atoms with E-state index in [0.29, 0.717) is 6.61 Å². The number of nitrogens with zero attached hydrogens (tertiary/aromatic N) is 2. The van der Waals surface area contributed by atoms with E-state index in [9.17, 15) is 0 Å². The first-order valence-electron chi connectivity index (χ1n) is 6.22. The van der Waals surface area contributed by atoms with Crippen LogP contribution in [0.3, 0.4) is 0 Å².